The Hall–Kier alpha value is -0.860. The van der Waals surface area contributed by atoms with Crippen LogP contribution in [0.4, 0.5) is 0 Å². The van der Waals surface area contributed by atoms with Gasteiger partial charge in [-0.15, -0.1) is 0 Å². The molecule has 1 heterocycles. The Kier molecular flexibility index (Phi) is 2.49. The number of fused-ring (bicyclic) bond motifs is 1. The van der Waals surface area contributed by atoms with Crippen LogP contribution in [-0.4, -0.2) is 23.3 Å². The minimum atomic E-state index is -0.538. The number of hydrogen-bond acceptors (Lipinski definition) is 2. The minimum Gasteiger partial charge on any atom is -0.388 e. The van der Waals surface area contributed by atoms with E-state index in [1.807, 2.05) is 0 Å². The topological polar surface area (TPSA) is 32.3 Å². The first kappa shape index (κ1) is 10.3. The van der Waals surface area contributed by atoms with E-state index in [1.54, 1.807) is 0 Å². The zero-order valence-electron chi connectivity index (χ0n) is 9.58. The maximum atomic E-state index is 10.8. The van der Waals surface area contributed by atoms with Gasteiger partial charge in [0.1, 0.15) is 0 Å². The van der Waals surface area contributed by atoms with Crippen LogP contribution in [0.5, 0.6) is 0 Å². The summed E-state index contributed by atoms with van der Waals surface area (Å²) in [4.78, 5) is 0. The first-order chi connectivity index (χ1) is 7.78. The van der Waals surface area contributed by atoms with Crippen LogP contribution < -0.4 is 5.32 Å². The molecule has 1 aliphatic carbocycles. The first-order valence-corrected chi connectivity index (χ1v) is 6.30. The number of benzene rings is 1. The van der Waals surface area contributed by atoms with Gasteiger partial charge in [0, 0.05) is 18.9 Å². The summed E-state index contributed by atoms with van der Waals surface area (Å²) < 4.78 is 0. The van der Waals surface area contributed by atoms with E-state index in [-0.39, 0.29) is 6.04 Å². The van der Waals surface area contributed by atoms with E-state index < -0.39 is 5.60 Å². The monoisotopic (exact) mass is 217 g/mol. The van der Waals surface area contributed by atoms with Gasteiger partial charge in [-0.3, -0.25) is 0 Å². The second-order valence-corrected chi connectivity index (χ2v) is 5.23. The molecule has 2 nitrogen and oxygen atoms in total. The molecule has 3 rings (SSSR count). The molecule has 1 fully saturated rings. The first-order valence-electron chi connectivity index (χ1n) is 6.30. The van der Waals surface area contributed by atoms with Crippen LogP contribution in [0.3, 0.4) is 0 Å². The van der Waals surface area contributed by atoms with Crippen LogP contribution in [0, 0.1) is 0 Å². The van der Waals surface area contributed by atoms with Crippen molar-refractivity contribution >= 4 is 0 Å². The van der Waals surface area contributed by atoms with E-state index in [4.69, 9.17) is 0 Å². The predicted molar refractivity (Wildman–Crippen MR) is 64.4 cm³/mol. The van der Waals surface area contributed by atoms with Gasteiger partial charge in [-0.25, -0.2) is 0 Å². The molecule has 0 spiro atoms. The van der Waals surface area contributed by atoms with E-state index in [1.165, 1.54) is 24.0 Å². The van der Waals surface area contributed by atoms with Crippen molar-refractivity contribution < 1.29 is 5.11 Å². The molecule has 2 heteroatoms. The summed E-state index contributed by atoms with van der Waals surface area (Å²) in [5, 5.41) is 14.3. The summed E-state index contributed by atoms with van der Waals surface area (Å²) in [6, 6.07) is 8.72. The van der Waals surface area contributed by atoms with Crippen LogP contribution in [-0.2, 0) is 12.8 Å². The highest BCUT2D eigenvalue weighted by Gasteiger charge is 2.42. The van der Waals surface area contributed by atoms with Gasteiger partial charge < -0.3 is 10.4 Å². The average molecular weight is 217 g/mol. The van der Waals surface area contributed by atoms with Gasteiger partial charge in [0.15, 0.2) is 0 Å². The molecule has 1 unspecified atom stereocenters. The SMILES string of the molecule is OC1(C2CCCCN2)Cc2ccccc2C1. The standard InChI is InChI=1S/C14H19NO/c16-14(13-7-3-4-8-15-13)9-11-5-1-2-6-12(11)10-14/h1-2,5-6,13,15-16H,3-4,7-10H2. The summed E-state index contributed by atoms with van der Waals surface area (Å²) in [6.45, 7) is 1.06. The van der Waals surface area contributed by atoms with Gasteiger partial charge in [-0.1, -0.05) is 30.7 Å². The van der Waals surface area contributed by atoms with E-state index in [2.05, 4.69) is 29.6 Å². The van der Waals surface area contributed by atoms with Crippen LogP contribution in [0.1, 0.15) is 30.4 Å². The summed E-state index contributed by atoms with van der Waals surface area (Å²) in [5.41, 5.74) is 2.12. The molecule has 16 heavy (non-hydrogen) atoms. The largest absolute Gasteiger partial charge is 0.388 e. The lowest BCUT2D eigenvalue weighted by atomic mass is 9.85. The second-order valence-electron chi connectivity index (χ2n) is 5.23. The van der Waals surface area contributed by atoms with E-state index >= 15 is 0 Å². The zero-order chi connectivity index (χ0) is 11.0. The molecular formula is C14H19NO. The fraction of sp³-hybridized carbons (Fsp3) is 0.571. The zero-order valence-corrected chi connectivity index (χ0v) is 9.58. The van der Waals surface area contributed by atoms with Gasteiger partial charge in [-0.05, 0) is 30.5 Å². The maximum Gasteiger partial charge on any atom is 0.0880 e. The smallest absolute Gasteiger partial charge is 0.0880 e. The Bertz CT molecular complexity index is 357. The highest BCUT2D eigenvalue weighted by atomic mass is 16.3. The van der Waals surface area contributed by atoms with Crippen LogP contribution >= 0.6 is 0 Å². The van der Waals surface area contributed by atoms with Crippen molar-refractivity contribution in [1.29, 1.82) is 0 Å². The molecule has 1 atom stereocenters. The van der Waals surface area contributed by atoms with Gasteiger partial charge in [0.2, 0.25) is 0 Å². The molecule has 86 valence electrons. The molecule has 0 amide bonds. The van der Waals surface area contributed by atoms with Crippen molar-refractivity contribution in [3.63, 3.8) is 0 Å². The molecule has 2 aliphatic rings. The van der Waals surface area contributed by atoms with Crippen LogP contribution in [0.2, 0.25) is 0 Å². The molecule has 0 bridgehead atoms. The number of rotatable bonds is 1. The third-order valence-electron chi connectivity index (χ3n) is 4.07. The molecule has 0 aromatic heterocycles. The molecule has 2 N–H and O–H groups in total. The van der Waals surface area contributed by atoms with Crippen molar-refractivity contribution in [2.75, 3.05) is 6.54 Å². The second kappa shape index (κ2) is 3.86. The van der Waals surface area contributed by atoms with Crippen LogP contribution in [0.15, 0.2) is 24.3 Å². The average Bonchev–Trinajstić information content (AvgIpc) is 2.68. The van der Waals surface area contributed by atoms with E-state index in [0.29, 0.717) is 0 Å². The number of aliphatic hydroxyl groups is 1. The summed E-state index contributed by atoms with van der Waals surface area (Å²) in [6.07, 6.45) is 5.25. The van der Waals surface area contributed by atoms with Crippen molar-refractivity contribution in [1.82, 2.24) is 5.32 Å². The van der Waals surface area contributed by atoms with E-state index in [9.17, 15) is 5.11 Å². The summed E-state index contributed by atoms with van der Waals surface area (Å²) >= 11 is 0. The number of piperidine rings is 1. The summed E-state index contributed by atoms with van der Waals surface area (Å²) in [7, 11) is 0. The lowest BCUT2D eigenvalue weighted by molar-refractivity contribution is 0.00234. The molecule has 1 aliphatic heterocycles. The Balaban J connectivity index is 1.82. The summed E-state index contributed by atoms with van der Waals surface area (Å²) in [5.74, 6) is 0. The number of hydrogen-bond donors (Lipinski definition) is 2. The molecule has 1 aromatic rings. The number of nitrogens with one attached hydrogen (secondary N) is 1. The highest BCUT2D eigenvalue weighted by molar-refractivity contribution is 5.36. The Morgan fingerprint density at radius 2 is 1.81 bits per heavy atom. The van der Waals surface area contributed by atoms with Gasteiger partial charge in [0.25, 0.3) is 0 Å². The lowest BCUT2D eigenvalue weighted by Crippen LogP contribution is -2.53. The predicted octanol–water partition coefficient (Wildman–Crippen LogP) is 1.66. The molecule has 0 radical (unpaired) electrons. The van der Waals surface area contributed by atoms with Crippen molar-refractivity contribution in [3.05, 3.63) is 35.4 Å². The highest BCUT2D eigenvalue weighted by Crippen LogP contribution is 2.34. The minimum absolute atomic E-state index is 0.286. The van der Waals surface area contributed by atoms with E-state index in [0.717, 1.165) is 25.8 Å². The van der Waals surface area contributed by atoms with Crippen LogP contribution in [0.25, 0.3) is 0 Å². The lowest BCUT2D eigenvalue weighted by Gasteiger charge is -2.36. The Morgan fingerprint density at radius 1 is 1.12 bits per heavy atom. The molecule has 1 saturated heterocycles. The maximum absolute atomic E-state index is 10.8. The van der Waals surface area contributed by atoms with Crippen molar-refractivity contribution in [2.45, 2.75) is 43.7 Å². The fourth-order valence-corrected chi connectivity index (χ4v) is 3.18. The van der Waals surface area contributed by atoms with Gasteiger partial charge >= 0.3 is 0 Å². The molecular weight excluding hydrogens is 198 g/mol. The van der Waals surface area contributed by atoms with Crippen molar-refractivity contribution in [2.24, 2.45) is 0 Å². The normalized spacial score (nSPS) is 27.7. The molecule has 0 saturated carbocycles. The molecule has 1 aromatic carbocycles. The third-order valence-corrected chi connectivity index (χ3v) is 4.07. The van der Waals surface area contributed by atoms with Crippen molar-refractivity contribution in [3.8, 4) is 0 Å². The quantitative estimate of drug-likeness (QED) is 0.750. The third kappa shape index (κ3) is 1.66. The van der Waals surface area contributed by atoms with Gasteiger partial charge in [0.05, 0.1) is 5.60 Å². The Morgan fingerprint density at radius 3 is 2.38 bits per heavy atom. The van der Waals surface area contributed by atoms with Gasteiger partial charge in [-0.2, -0.15) is 0 Å². The Labute approximate surface area is 96.7 Å². The fourth-order valence-electron chi connectivity index (χ4n) is 3.18.